The second-order valence-corrected chi connectivity index (χ2v) is 3.49. The largest absolute Gasteiger partial charge is 0.413 e. The first-order valence-corrected chi connectivity index (χ1v) is 2.78. The third-order valence-electron chi connectivity index (χ3n) is 0.0976. The summed E-state index contributed by atoms with van der Waals surface area (Å²) in [6, 6.07) is 0. The predicted octanol–water partition coefficient (Wildman–Crippen LogP) is 1.49. The lowest BCUT2D eigenvalue weighted by atomic mass is 10.2. The molecule has 0 radical (unpaired) electrons. The zero-order valence-corrected chi connectivity index (χ0v) is 6.16. The van der Waals surface area contributed by atoms with Crippen molar-refractivity contribution < 1.29 is 0 Å². The van der Waals surface area contributed by atoms with Gasteiger partial charge in [-0.2, -0.15) is 0 Å². The van der Waals surface area contributed by atoms with Crippen molar-refractivity contribution in [2.45, 2.75) is 0 Å². The molecule has 2 nitrogen and oxygen atoms in total. The molecule has 3 N–H and O–H groups in total. The summed E-state index contributed by atoms with van der Waals surface area (Å²) in [4.78, 5) is 0. The normalized spacial score (nSPS) is 4.83. The Hall–Kier alpha value is 0.475. The van der Waals surface area contributed by atoms with Crippen LogP contribution in [0.25, 0.3) is 0 Å². The van der Waals surface area contributed by atoms with Crippen LogP contribution < -0.4 is 6.15 Å². The van der Waals surface area contributed by atoms with E-state index < -0.39 is 0 Å². The smallest absolute Gasteiger partial charge is 0.344 e. The van der Waals surface area contributed by atoms with Gasteiger partial charge in [-0.05, 0) is 0 Å². The van der Waals surface area contributed by atoms with E-state index in [1.165, 1.54) is 0 Å². The Bertz CT molecular complexity index is 57.1. The fourth-order valence-corrected chi connectivity index (χ4v) is 0. The maximum absolute atomic E-state index is 7.80. The van der Waals surface area contributed by atoms with Crippen LogP contribution in [0.5, 0.6) is 0 Å². The molecular weight excluding hydrogens is 211 g/mol. The van der Waals surface area contributed by atoms with Gasteiger partial charge >= 0.3 is 4.36 Å². The summed E-state index contributed by atoms with van der Waals surface area (Å²) in [5, 5.41) is 7.80. The van der Waals surface area contributed by atoms with Crippen LogP contribution in [0.1, 0.15) is 0 Å². The predicted molar refractivity (Wildman–Crippen MR) is 34.2 cm³/mol. The van der Waals surface area contributed by atoms with Crippen LogP contribution in [0.3, 0.4) is 0 Å². The lowest BCUT2D eigenvalue weighted by Crippen LogP contribution is -1.77. The second-order valence-electron chi connectivity index (χ2n) is 0.430. The van der Waals surface area contributed by atoms with Crippen molar-refractivity contribution in [3.05, 3.63) is 0 Å². The first-order chi connectivity index (χ1) is 2.27. The number of hydrogen-bond acceptors (Lipinski definition) is 2. The highest BCUT2D eigenvalue weighted by atomic mass is 79.9. The van der Waals surface area contributed by atoms with Gasteiger partial charge in [0.15, 0.2) is 0 Å². The Morgan fingerprint density at radius 2 is 1.67 bits per heavy atom. The molecule has 0 aromatic rings. The highest BCUT2D eigenvalue weighted by Crippen LogP contribution is 1.97. The SMILES string of the molecule is N.N#CB(Br)Br. The number of nitriles is 1. The molecule has 0 unspecified atom stereocenters. The number of rotatable bonds is 0. The summed E-state index contributed by atoms with van der Waals surface area (Å²) < 4.78 is -0.185. The van der Waals surface area contributed by atoms with Crippen molar-refractivity contribution in [3.63, 3.8) is 0 Å². The molecule has 0 aliphatic heterocycles. The minimum absolute atomic E-state index is 0. The van der Waals surface area contributed by atoms with E-state index in [1.807, 2.05) is 5.97 Å². The fourth-order valence-electron chi connectivity index (χ4n) is 0. The highest BCUT2D eigenvalue weighted by molar-refractivity contribution is 9.49. The molecule has 0 amide bonds. The quantitative estimate of drug-likeness (QED) is 0.620. The van der Waals surface area contributed by atoms with Crippen LogP contribution >= 0.6 is 31.5 Å². The van der Waals surface area contributed by atoms with E-state index in [9.17, 15) is 0 Å². The Labute approximate surface area is 53.5 Å². The van der Waals surface area contributed by atoms with Crippen molar-refractivity contribution in [3.8, 4) is 5.97 Å². The Kier molecular flexibility index (Phi) is 8.84. The zero-order chi connectivity index (χ0) is 4.28. The lowest BCUT2D eigenvalue weighted by molar-refractivity contribution is 1.56. The zero-order valence-electron chi connectivity index (χ0n) is 2.99. The maximum Gasteiger partial charge on any atom is 0.413 e. The van der Waals surface area contributed by atoms with E-state index in [0.717, 1.165) is 0 Å². The molecule has 0 aliphatic rings. The molecule has 0 aromatic carbocycles. The average Bonchev–Trinajstić information content (AvgIpc) is 1.38. The number of nitrogens with zero attached hydrogens (tertiary/aromatic N) is 1. The molecular formula is CH3BBr2N2. The van der Waals surface area contributed by atoms with Crippen molar-refractivity contribution in [1.82, 2.24) is 6.15 Å². The van der Waals surface area contributed by atoms with Gasteiger partial charge < -0.3 is 6.15 Å². The summed E-state index contributed by atoms with van der Waals surface area (Å²) >= 11 is 5.86. The van der Waals surface area contributed by atoms with Crippen molar-refractivity contribution in [2.75, 3.05) is 0 Å². The van der Waals surface area contributed by atoms with E-state index in [-0.39, 0.29) is 10.5 Å². The van der Waals surface area contributed by atoms with Crippen LogP contribution in [0.4, 0.5) is 0 Å². The van der Waals surface area contributed by atoms with E-state index in [2.05, 4.69) is 31.5 Å². The van der Waals surface area contributed by atoms with E-state index in [4.69, 9.17) is 5.26 Å². The average molecular weight is 214 g/mol. The van der Waals surface area contributed by atoms with Gasteiger partial charge in [0.2, 0.25) is 0 Å². The lowest BCUT2D eigenvalue weighted by Gasteiger charge is -1.62. The molecule has 34 valence electrons. The molecule has 0 saturated heterocycles. The Morgan fingerprint density at radius 3 is 1.67 bits per heavy atom. The van der Waals surface area contributed by atoms with Gasteiger partial charge in [-0.3, -0.25) is 0 Å². The summed E-state index contributed by atoms with van der Waals surface area (Å²) in [6.45, 7) is 0. The Morgan fingerprint density at radius 1 is 1.50 bits per heavy atom. The van der Waals surface area contributed by atoms with E-state index >= 15 is 0 Å². The second kappa shape index (κ2) is 5.47. The van der Waals surface area contributed by atoms with Gasteiger partial charge in [-0.25, -0.2) is 5.26 Å². The summed E-state index contributed by atoms with van der Waals surface area (Å²) in [5.74, 6) is 1.86. The molecule has 6 heavy (non-hydrogen) atoms. The first kappa shape index (κ1) is 9.69. The van der Waals surface area contributed by atoms with Gasteiger partial charge in [0.1, 0.15) is 0 Å². The van der Waals surface area contributed by atoms with Crippen LogP contribution in [0.2, 0.25) is 0 Å². The molecule has 0 aliphatic carbocycles. The topological polar surface area (TPSA) is 58.8 Å². The minimum Gasteiger partial charge on any atom is -0.344 e. The maximum atomic E-state index is 7.80. The number of halogens is 2. The van der Waals surface area contributed by atoms with Crippen LogP contribution in [0, 0.1) is 11.2 Å². The van der Waals surface area contributed by atoms with Crippen LogP contribution in [-0.2, 0) is 0 Å². The van der Waals surface area contributed by atoms with Gasteiger partial charge in [0.25, 0.3) is 0 Å². The molecule has 0 fully saturated rings. The molecule has 0 atom stereocenters. The third-order valence-corrected chi connectivity index (χ3v) is 0.507. The van der Waals surface area contributed by atoms with E-state index in [0.29, 0.717) is 0 Å². The molecule has 0 rings (SSSR count). The van der Waals surface area contributed by atoms with Gasteiger partial charge in [0, 0.05) is 5.97 Å². The van der Waals surface area contributed by atoms with Crippen molar-refractivity contribution in [1.29, 1.82) is 5.26 Å². The molecule has 0 aromatic heterocycles. The first-order valence-electron chi connectivity index (χ1n) is 0.949. The molecule has 0 saturated carbocycles. The molecule has 5 heteroatoms. The van der Waals surface area contributed by atoms with E-state index in [1.54, 1.807) is 0 Å². The highest BCUT2D eigenvalue weighted by Gasteiger charge is 1.95. The van der Waals surface area contributed by atoms with Crippen molar-refractivity contribution >= 4 is 35.9 Å². The van der Waals surface area contributed by atoms with Gasteiger partial charge in [0.05, 0.1) is 0 Å². The van der Waals surface area contributed by atoms with Gasteiger partial charge in [-0.15, -0.1) is 31.5 Å². The third kappa shape index (κ3) is 8.82. The molecule has 0 heterocycles. The molecule has 0 bridgehead atoms. The summed E-state index contributed by atoms with van der Waals surface area (Å²) in [7, 11) is 0. The van der Waals surface area contributed by atoms with Crippen LogP contribution in [0.15, 0.2) is 0 Å². The Balaban J connectivity index is 0. The van der Waals surface area contributed by atoms with Crippen LogP contribution in [-0.4, -0.2) is 4.36 Å². The fraction of sp³-hybridized carbons (Fsp3) is 0. The number of hydrogen-bond donors (Lipinski definition) is 1. The monoisotopic (exact) mass is 212 g/mol. The molecule has 0 spiro atoms. The summed E-state index contributed by atoms with van der Waals surface area (Å²) in [6.07, 6.45) is 0. The minimum atomic E-state index is -0.185. The summed E-state index contributed by atoms with van der Waals surface area (Å²) in [5.41, 5.74) is 0. The van der Waals surface area contributed by atoms with Gasteiger partial charge in [-0.1, -0.05) is 0 Å². The van der Waals surface area contributed by atoms with Crippen molar-refractivity contribution in [2.24, 2.45) is 0 Å². The standard InChI is InChI=1S/CBBr2N.H3N/c3-2(4)1-5;/h;1H3.